The van der Waals surface area contributed by atoms with Gasteiger partial charge in [-0.15, -0.1) is 0 Å². The van der Waals surface area contributed by atoms with E-state index in [1.165, 1.54) is 17.7 Å². The highest BCUT2D eigenvalue weighted by atomic mass is 16.3. The monoisotopic (exact) mass is 167 g/mol. The molecule has 2 nitrogen and oxygen atoms in total. The van der Waals surface area contributed by atoms with Gasteiger partial charge in [0, 0.05) is 18.4 Å². The van der Waals surface area contributed by atoms with Crippen molar-refractivity contribution in [3.05, 3.63) is 23.5 Å². The molecule has 12 heavy (non-hydrogen) atoms. The van der Waals surface area contributed by atoms with E-state index in [2.05, 4.69) is 30.7 Å². The van der Waals surface area contributed by atoms with Gasteiger partial charge in [-0.25, -0.2) is 0 Å². The van der Waals surface area contributed by atoms with Crippen molar-refractivity contribution in [3.8, 4) is 0 Å². The number of aryl methyl sites for hydroxylation is 1. The lowest BCUT2D eigenvalue weighted by molar-refractivity contribution is 0.275. The van der Waals surface area contributed by atoms with E-state index >= 15 is 0 Å². The smallest absolute Gasteiger partial charge is 0.0610 e. The molecule has 1 rings (SSSR count). The number of hydrogen-bond donors (Lipinski definition) is 1. The Morgan fingerprint density at radius 1 is 1.50 bits per heavy atom. The quantitative estimate of drug-likeness (QED) is 0.726. The Kier molecular flexibility index (Phi) is 3.35. The van der Waals surface area contributed by atoms with Gasteiger partial charge in [-0.3, -0.25) is 0 Å². The van der Waals surface area contributed by atoms with Crippen molar-refractivity contribution in [1.29, 1.82) is 0 Å². The first-order chi connectivity index (χ1) is 5.79. The van der Waals surface area contributed by atoms with Crippen LogP contribution in [0.2, 0.25) is 0 Å². The zero-order chi connectivity index (χ0) is 8.97. The highest BCUT2D eigenvalue weighted by Crippen LogP contribution is 2.11. The topological polar surface area (TPSA) is 25.2 Å². The van der Waals surface area contributed by atoms with E-state index in [4.69, 9.17) is 5.11 Å². The van der Waals surface area contributed by atoms with Crippen LogP contribution in [0, 0.1) is 6.92 Å². The predicted octanol–water partition coefficient (Wildman–Crippen LogP) is 1.74. The van der Waals surface area contributed by atoms with Crippen LogP contribution < -0.4 is 0 Å². The summed E-state index contributed by atoms with van der Waals surface area (Å²) in [7, 11) is 0. The van der Waals surface area contributed by atoms with Gasteiger partial charge >= 0.3 is 0 Å². The summed E-state index contributed by atoms with van der Waals surface area (Å²) >= 11 is 0. The molecule has 0 saturated carbocycles. The number of hydrogen-bond acceptors (Lipinski definition) is 1. The lowest BCUT2D eigenvalue weighted by atomic mass is 10.1. The second-order valence-corrected chi connectivity index (χ2v) is 3.09. The Bertz CT molecular complexity index is 216. The molecular weight excluding hydrogens is 150 g/mol. The van der Waals surface area contributed by atoms with E-state index in [0.29, 0.717) is 0 Å². The Morgan fingerprint density at radius 2 is 2.25 bits per heavy atom. The van der Waals surface area contributed by atoms with E-state index in [-0.39, 0.29) is 6.61 Å². The van der Waals surface area contributed by atoms with Crippen LogP contribution in [0.5, 0.6) is 0 Å². The van der Waals surface area contributed by atoms with Gasteiger partial charge in [0.05, 0.1) is 6.61 Å². The highest BCUT2D eigenvalue weighted by molar-refractivity contribution is 5.21. The molecular formula is C10H17NO. The second-order valence-electron chi connectivity index (χ2n) is 3.09. The first-order valence-corrected chi connectivity index (χ1v) is 4.55. The largest absolute Gasteiger partial charge is 0.395 e. The van der Waals surface area contributed by atoms with Gasteiger partial charge in [-0.2, -0.15) is 0 Å². The molecule has 0 aliphatic carbocycles. The molecule has 0 fully saturated rings. The van der Waals surface area contributed by atoms with Crippen LogP contribution in [0.15, 0.2) is 12.3 Å². The summed E-state index contributed by atoms with van der Waals surface area (Å²) in [5.74, 6) is 0. The molecule has 0 aliphatic rings. The zero-order valence-electron chi connectivity index (χ0n) is 7.88. The Hall–Kier alpha value is -0.760. The summed E-state index contributed by atoms with van der Waals surface area (Å²) in [5.41, 5.74) is 2.71. The molecule has 68 valence electrons. The maximum atomic E-state index is 8.76. The molecule has 1 N–H and O–H groups in total. The standard InChI is InChI=1S/C10H17NO/c1-3-4-10-5-6-11(7-8-12)9(10)2/h5-6,12H,3-4,7-8H2,1-2H3. The Labute approximate surface area is 73.8 Å². The highest BCUT2D eigenvalue weighted by Gasteiger charge is 2.01. The van der Waals surface area contributed by atoms with Gasteiger partial charge in [-0.1, -0.05) is 13.3 Å². The summed E-state index contributed by atoms with van der Waals surface area (Å²) in [6.07, 6.45) is 4.38. The predicted molar refractivity (Wildman–Crippen MR) is 50.2 cm³/mol. The molecule has 0 aromatic carbocycles. The number of aliphatic hydroxyl groups is 1. The fourth-order valence-corrected chi connectivity index (χ4v) is 1.48. The van der Waals surface area contributed by atoms with Crippen molar-refractivity contribution >= 4 is 0 Å². The molecule has 0 saturated heterocycles. The fraction of sp³-hybridized carbons (Fsp3) is 0.600. The SMILES string of the molecule is CCCc1ccn(CCO)c1C. The Morgan fingerprint density at radius 3 is 2.83 bits per heavy atom. The first kappa shape index (κ1) is 9.33. The third-order valence-electron chi connectivity index (χ3n) is 2.21. The van der Waals surface area contributed by atoms with Crippen molar-refractivity contribution in [3.63, 3.8) is 0 Å². The van der Waals surface area contributed by atoms with Gasteiger partial charge in [0.15, 0.2) is 0 Å². The number of rotatable bonds is 4. The molecule has 1 heterocycles. The molecule has 1 aromatic heterocycles. The third-order valence-corrected chi connectivity index (χ3v) is 2.21. The molecule has 0 spiro atoms. The zero-order valence-corrected chi connectivity index (χ0v) is 7.88. The average Bonchev–Trinajstić information content (AvgIpc) is 2.38. The summed E-state index contributed by atoms with van der Waals surface area (Å²) in [5, 5.41) is 8.76. The average molecular weight is 167 g/mol. The Balaban J connectivity index is 2.74. The first-order valence-electron chi connectivity index (χ1n) is 4.55. The van der Waals surface area contributed by atoms with Crippen LogP contribution in [-0.4, -0.2) is 16.3 Å². The maximum Gasteiger partial charge on any atom is 0.0610 e. The van der Waals surface area contributed by atoms with Crippen LogP contribution in [0.4, 0.5) is 0 Å². The van der Waals surface area contributed by atoms with Crippen LogP contribution in [0.25, 0.3) is 0 Å². The maximum absolute atomic E-state index is 8.76. The van der Waals surface area contributed by atoms with Crippen molar-refractivity contribution in [1.82, 2.24) is 4.57 Å². The van der Waals surface area contributed by atoms with Gasteiger partial charge < -0.3 is 9.67 Å². The minimum Gasteiger partial charge on any atom is -0.395 e. The second kappa shape index (κ2) is 4.31. The van der Waals surface area contributed by atoms with Crippen molar-refractivity contribution in [2.45, 2.75) is 33.2 Å². The van der Waals surface area contributed by atoms with Gasteiger partial charge in [0.25, 0.3) is 0 Å². The normalized spacial score (nSPS) is 10.6. The molecule has 0 atom stereocenters. The van der Waals surface area contributed by atoms with Crippen LogP contribution in [0.3, 0.4) is 0 Å². The molecule has 0 radical (unpaired) electrons. The van der Waals surface area contributed by atoms with Crippen molar-refractivity contribution < 1.29 is 5.11 Å². The van der Waals surface area contributed by atoms with Gasteiger partial charge in [0.2, 0.25) is 0 Å². The molecule has 2 heteroatoms. The lowest BCUT2D eigenvalue weighted by Gasteiger charge is -2.04. The number of aliphatic hydroxyl groups excluding tert-OH is 1. The van der Waals surface area contributed by atoms with Gasteiger partial charge in [0.1, 0.15) is 0 Å². The van der Waals surface area contributed by atoms with E-state index in [0.717, 1.165) is 13.0 Å². The van der Waals surface area contributed by atoms with Crippen molar-refractivity contribution in [2.75, 3.05) is 6.61 Å². The number of aromatic nitrogens is 1. The van der Waals surface area contributed by atoms with E-state index < -0.39 is 0 Å². The van der Waals surface area contributed by atoms with Crippen LogP contribution >= 0.6 is 0 Å². The summed E-state index contributed by atoms with van der Waals surface area (Å²) in [4.78, 5) is 0. The van der Waals surface area contributed by atoms with Crippen molar-refractivity contribution in [2.24, 2.45) is 0 Å². The van der Waals surface area contributed by atoms with Crippen LogP contribution in [-0.2, 0) is 13.0 Å². The molecule has 0 unspecified atom stereocenters. The summed E-state index contributed by atoms with van der Waals surface area (Å²) < 4.78 is 2.10. The number of nitrogens with zero attached hydrogens (tertiary/aromatic N) is 1. The minimum absolute atomic E-state index is 0.223. The van der Waals surface area contributed by atoms with Gasteiger partial charge in [-0.05, 0) is 25.0 Å². The molecule has 0 aliphatic heterocycles. The van der Waals surface area contributed by atoms with Crippen LogP contribution in [0.1, 0.15) is 24.6 Å². The fourth-order valence-electron chi connectivity index (χ4n) is 1.48. The third kappa shape index (κ3) is 1.89. The summed E-state index contributed by atoms with van der Waals surface area (Å²) in [6, 6.07) is 2.15. The molecule has 0 bridgehead atoms. The van der Waals surface area contributed by atoms with E-state index in [1.807, 2.05) is 0 Å². The molecule has 0 amide bonds. The minimum atomic E-state index is 0.223. The van der Waals surface area contributed by atoms with E-state index in [1.54, 1.807) is 0 Å². The lowest BCUT2D eigenvalue weighted by Crippen LogP contribution is -2.02. The van der Waals surface area contributed by atoms with E-state index in [9.17, 15) is 0 Å². The summed E-state index contributed by atoms with van der Waals surface area (Å²) in [6.45, 7) is 5.24. The molecule has 1 aromatic rings.